The zero-order chi connectivity index (χ0) is 15.8. The molecule has 1 aliphatic heterocycles. The number of hydrogen-bond acceptors (Lipinski definition) is 3. The van der Waals surface area contributed by atoms with Crippen LogP contribution in [-0.4, -0.2) is 50.2 Å². The minimum absolute atomic E-state index is 0.0601. The number of benzene rings is 1. The molecule has 1 amide bonds. The molecular weight excluding hydrogens is 335 g/mol. The zero-order valence-corrected chi connectivity index (χ0v) is 14.0. The predicted octanol–water partition coefficient (Wildman–Crippen LogP) is 2.23. The molecule has 0 radical (unpaired) electrons. The van der Waals surface area contributed by atoms with E-state index in [-0.39, 0.29) is 20.8 Å². The largest absolute Gasteiger partial charge is 0.347 e. The topological polar surface area (TPSA) is 57.7 Å². The van der Waals surface area contributed by atoms with Crippen molar-refractivity contribution in [1.29, 1.82) is 0 Å². The maximum Gasteiger partial charge on any atom is 0.245 e. The summed E-state index contributed by atoms with van der Waals surface area (Å²) in [4.78, 5) is 13.5. The number of carbonyl (C=O) groups is 1. The molecule has 1 saturated heterocycles. The molecule has 0 unspecified atom stereocenters. The smallest absolute Gasteiger partial charge is 0.245 e. The van der Waals surface area contributed by atoms with Gasteiger partial charge in [-0.1, -0.05) is 23.2 Å². The van der Waals surface area contributed by atoms with E-state index in [4.69, 9.17) is 23.2 Å². The van der Waals surface area contributed by atoms with Crippen molar-refractivity contribution < 1.29 is 13.2 Å². The van der Waals surface area contributed by atoms with E-state index in [1.807, 2.05) is 0 Å². The van der Waals surface area contributed by atoms with Gasteiger partial charge in [-0.05, 0) is 31.0 Å². The fourth-order valence-corrected chi connectivity index (χ4v) is 4.76. The molecule has 0 saturated carbocycles. The molecule has 1 fully saturated rings. The summed E-state index contributed by atoms with van der Waals surface area (Å²) < 4.78 is 26.7. The molecule has 1 heterocycles. The van der Waals surface area contributed by atoms with Gasteiger partial charge in [-0.2, -0.15) is 4.31 Å². The maximum absolute atomic E-state index is 12.8. The molecule has 1 atom stereocenters. The third-order valence-electron chi connectivity index (χ3n) is 3.41. The number of amides is 1. The molecule has 1 aromatic carbocycles. The maximum atomic E-state index is 12.8. The number of hydrogen-bond donors (Lipinski definition) is 0. The van der Waals surface area contributed by atoms with Crippen molar-refractivity contribution in [3.05, 3.63) is 28.2 Å². The Bertz CT molecular complexity index is 661. The average molecular weight is 351 g/mol. The van der Waals surface area contributed by atoms with Crippen LogP contribution >= 0.6 is 23.2 Å². The van der Waals surface area contributed by atoms with Crippen LogP contribution in [0.2, 0.25) is 10.0 Å². The van der Waals surface area contributed by atoms with Gasteiger partial charge in [-0.3, -0.25) is 4.79 Å². The van der Waals surface area contributed by atoms with Gasteiger partial charge in [0.2, 0.25) is 15.9 Å². The Balaban J connectivity index is 2.43. The number of nitrogens with zero attached hydrogens (tertiary/aromatic N) is 2. The van der Waals surface area contributed by atoms with Crippen LogP contribution in [0.5, 0.6) is 0 Å². The highest BCUT2D eigenvalue weighted by Crippen LogP contribution is 2.32. The van der Waals surface area contributed by atoms with Crippen molar-refractivity contribution in [2.24, 2.45) is 0 Å². The molecule has 116 valence electrons. The van der Waals surface area contributed by atoms with Crippen LogP contribution in [0.3, 0.4) is 0 Å². The van der Waals surface area contributed by atoms with Crippen molar-refractivity contribution in [3.63, 3.8) is 0 Å². The highest BCUT2D eigenvalue weighted by Gasteiger charge is 2.40. The third-order valence-corrected chi connectivity index (χ3v) is 6.03. The summed E-state index contributed by atoms with van der Waals surface area (Å²) in [7, 11) is -0.632. The second-order valence-electron chi connectivity index (χ2n) is 5.08. The third kappa shape index (κ3) is 3.18. The van der Waals surface area contributed by atoms with Gasteiger partial charge in [0.1, 0.15) is 10.9 Å². The summed E-state index contributed by atoms with van der Waals surface area (Å²) in [5.74, 6) is -0.228. The first-order valence-electron chi connectivity index (χ1n) is 6.43. The lowest BCUT2D eigenvalue weighted by Crippen LogP contribution is -2.45. The fraction of sp³-hybridized carbons (Fsp3) is 0.462. The van der Waals surface area contributed by atoms with E-state index >= 15 is 0 Å². The van der Waals surface area contributed by atoms with E-state index in [0.717, 1.165) is 0 Å². The standard InChI is InChI=1S/C13H16Cl2N2O3S/c1-16(2)13(18)11-4-3-7-17(11)21(19,20)12-8-9(14)5-6-10(12)15/h5-6,8,11H,3-4,7H2,1-2H3/t11-/m1/s1. The Kier molecular flexibility index (Phi) is 4.82. The molecule has 0 aliphatic carbocycles. The molecule has 0 aromatic heterocycles. The minimum atomic E-state index is -3.85. The average Bonchev–Trinajstić information content (AvgIpc) is 2.90. The van der Waals surface area contributed by atoms with Gasteiger partial charge in [-0.25, -0.2) is 8.42 Å². The van der Waals surface area contributed by atoms with E-state index in [0.29, 0.717) is 19.4 Å². The summed E-state index contributed by atoms with van der Waals surface area (Å²) >= 11 is 11.9. The van der Waals surface area contributed by atoms with Crippen molar-refractivity contribution >= 4 is 39.1 Å². The lowest BCUT2D eigenvalue weighted by Gasteiger charge is -2.26. The van der Waals surface area contributed by atoms with Gasteiger partial charge in [0.05, 0.1) is 5.02 Å². The van der Waals surface area contributed by atoms with Crippen LogP contribution < -0.4 is 0 Å². The van der Waals surface area contributed by atoms with Crippen LogP contribution in [0.1, 0.15) is 12.8 Å². The van der Waals surface area contributed by atoms with E-state index in [9.17, 15) is 13.2 Å². The van der Waals surface area contributed by atoms with E-state index < -0.39 is 16.1 Å². The normalized spacial score (nSPS) is 19.7. The van der Waals surface area contributed by atoms with Crippen LogP contribution in [0.25, 0.3) is 0 Å². The van der Waals surface area contributed by atoms with E-state index in [1.165, 1.54) is 27.4 Å². The SMILES string of the molecule is CN(C)C(=O)[C@H]1CCCN1S(=O)(=O)c1cc(Cl)ccc1Cl. The van der Waals surface area contributed by atoms with E-state index in [1.54, 1.807) is 14.1 Å². The number of halogens is 2. The molecule has 2 rings (SSSR count). The first-order chi connectivity index (χ1) is 9.75. The molecule has 8 heteroatoms. The Hall–Kier alpha value is -0.820. The van der Waals surface area contributed by atoms with Crippen molar-refractivity contribution in [3.8, 4) is 0 Å². The van der Waals surface area contributed by atoms with E-state index in [2.05, 4.69) is 0 Å². The molecular formula is C13H16Cl2N2O3S. The molecule has 0 spiro atoms. The highest BCUT2D eigenvalue weighted by molar-refractivity contribution is 7.89. The Labute approximate surface area is 134 Å². The quantitative estimate of drug-likeness (QED) is 0.839. The molecule has 5 nitrogen and oxygen atoms in total. The summed E-state index contributed by atoms with van der Waals surface area (Å²) in [5.41, 5.74) is 0. The van der Waals surface area contributed by atoms with Gasteiger partial charge < -0.3 is 4.90 Å². The zero-order valence-electron chi connectivity index (χ0n) is 11.7. The molecule has 21 heavy (non-hydrogen) atoms. The lowest BCUT2D eigenvalue weighted by molar-refractivity contribution is -0.132. The van der Waals surface area contributed by atoms with Gasteiger partial charge in [0.15, 0.2) is 0 Å². The molecule has 0 bridgehead atoms. The Morgan fingerprint density at radius 2 is 2.00 bits per heavy atom. The summed E-state index contributed by atoms with van der Waals surface area (Å²) in [5, 5.41) is 0.384. The minimum Gasteiger partial charge on any atom is -0.347 e. The molecule has 1 aromatic rings. The predicted molar refractivity (Wildman–Crippen MR) is 82.1 cm³/mol. The van der Waals surface area contributed by atoms with Crippen LogP contribution in [0.4, 0.5) is 0 Å². The molecule has 1 aliphatic rings. The number of likely N-dealkylation sites (N-methyl/N-ethyl adjacent to an activating group) is 1. The van der Waals surface area contributed by atoms with Crippen LogP contribution in [0, 0.1) is 0 Å². The number of rotatable bonds is 3. The van der Waals surface area contributed by atoms with Crippen molar-refractivity contribution in [2.75, 3.05) is 20.6 Å². The highest BCUT2D eigenvalue weighted by atomic mass is 35.5. The van der Waals surface area contributed by atoms with Crippen molar-refractivity contribution in [1.82, 2.24) is 9.21 Å². The van der Waals surface area contributed by atoms with Crippen LogP contribution in [0.15, 0.2) is 23.1 Å². The monoisotopic (exact) mass is 350 g/mol. The Morgan fingerprint density at radius 1 is 1.33 bits per heavy atom. The first kappa shape index (κ1) is 16.5. The lowest BCUT2D eigenvalue weighted by atomic mass is 10.2. The summed E-state index contributed by atoms with van der Waals surface area (Å²) in [6.07, 6.45) is 1.15. The van der Waals surface area contributed by atoms with Gasteiger partial charge in [-0.15, -0.1) is 0 Å². The second kappa shape index (κ2) is 6.12. The first-order valence-corrected chi connectivity index (χ1v) is 8.63. The fourth-order valence-electron chi connectivity index (χ4n) is 2.37. The van der Waals surface area contributed by atoms with Gasteiger partial charge >= 0.3 is 0 Å². The van der Waals surface area contributed by atoms with Gasteiger partial charge in [0.25, 0.3) is 0 Å². The Morgan fingerprint density at radius 3 is 2.62 bits per heavy atom. The van der Waals surface area contributed by atoms with Crippen LogP contribution in [-0.2, 0) is 14.8 Å². The van der Waals surface area contributed by atoms with Gasteiger partial charge in [0, 0.05) is 25.7 Å². The molecule has 0 N–H and O–H groups in total. The number of carbonyl (C=O) groups excluding carboxylic acids is 1. The van der Waals surface area contributed by atoms with Crippen molar-refractivity contribution in [2.45, 2.75) is 23.8 Å². The number of sulfonamides is 1. The second-order valence-corrected chi connectivity index (χ2v) is 7.78. The summed E-state index contributed by atoms with van der Waals surface area (Å²) in [6.45, 7) is 0.301. The summed E-state index contributed by atoms with van der Waals surface area (Å²) in [6, 6.07) is 3.60.